The summed E-state index contributed by atoms with van der Waals surface area (Å²) in [6.45, 7) is 13.4. The van der Waals surface area contributed by atoms with Gasteiger partial charge in [0.2, 0.25) is 0 Å². The summed E-state index contributed by atoms with van der Waals surface area (Å²) < 4.78 is 17.6. The second kappa shape index (κ2) is 7.99. The van der Waals surface area contributed by atoms with Crippen LogP contribution in [0, 0.1) is 0 Å². The minimum atomic E-state index is -2.07. The van der Waals surface area contributed by atoms with Crippen molar-refractivity contribution >= 4 is 17.1 Å². The molecule has 0 heterocycles. The molecule has 0 spiro atoms. The lowest BCUT2D eigenvalue weighted by Crippen LogP contribution is -2.48. The van der Waals surface area contributed by atoms with E-state index in [0.29, 0.717) is 13.2 Å². The molecule has 3 nitrogen and oxygen atoms in total. The SMILES string of the molecule is C/C=C/CO[Si](C)(C)O[Si](C)(C)OC/C=C/C. The van der Waals surface area contributed by atoms with Gasteiger partial charge in [-0.2, -0.15) is 0 Å². The van der Waals surface area contributed by atoms with E-state index in [2.05, 4.69) is 26.2 Å². The molecule has 0 aliphatic heterocycles. The molecular weight excluding hydrogens is 248 g/mol. The molecule has 0 N–H and O–H groups in total. The number of hydrogen-bond donors (Lipinski definition) is 0. The molecule has 0 aliphatic rings. The van der Waals surface area contributed by atoms with E-state index in [4.69, 9.17) is 13.0 Å². The fourth-order valence-electron chi connectivity index (χ4n) is 1.34. The predicted molar refractivity (Wildman–Crippen MR) is 77.6 cm³/mol. The summed E-state index contributed by atoms with van der Waals surface area (Å²) >= 11 is 0. The summed E-state index contributed by atoms with van der Waals surface area (Å²) in [7, 11) is -4.15. The maximum Gasteiger partial charge on any atom is 0.323 e. The first-order valence-corrected chi connectivity index (χ1v) is 11.7. The average molecular weight is 275 g/mol. The van der Waals surface area contributed by atoms with Gasteiger partial charge in [0.25, 0.3) is 0 Å². The zero-order chi connectivity index (χ0) is 13.4. The van der Waals surface area contributed by atoms with E-state index in [0.717, 1.165) is 0 Å². The summed E-state index contributed by atoms with van der Waals surface area (Å²) in [5, 5.41) is 0. The molecule has 0 rings (SSSR count). The van der Waals surface area contributed by atoms with Gasteiger partial charge in [0, 0.05) is 0 Å². The predicted octanol–water partition coefficient (Wildman–Crippen LogP) is 3.59. The van der Waals surface area contributed by atoms with Crippen LogP contribution in [0.2, 0.25) is 26.2 Å². The number of rotatable bonds is 8. The van der Waals surface area contributed by atoms with Crippen LogP contribution < -0.4 is 0 Å². The van der Waals surface area contributed by atoms with E-state index < -0.39 is 17.1 Å². The first-order valence-electron chi connectivity index (χ1n) is 6.03. The van der Waals surface area contributed by atoms with Crippen molar-refractivity contribution in [1.82, 2.24) is 0 Å². The molecule has 0 bridgehead atoms. The lowest BCUT2D eigenvalue weighted by atomic mass is 10.6. The fourth-order valence-corrected chi connectivity index (χ4v) is 7.54. The highest BCUT2D eigenvalue weighted by Crippen LogP contribution is 2.16. The molecule has 0 saturated heterocycles. The van der Waals surface area contributed by atoms with Crippen LogP contribution in [0.3, 0.4) is 0 Å². The second-order valence-electron chi connectivity index (χ2n) is 4.66. The van der Waals surface area contributed by atoms with Gasteiger partial charge in [-0.1, -0.05) is 24.3 Å². The highest BCUT2D eigenvalue weighted by atomic mass is 28.5. The molecule has 17 heavy (non-hydrogen) atoms. The third kappa shape index (κ3) is 9.49. The zero-order valence-corrected chi connectivity index (χ0v) is 13.9. The molecule has 0 aliphatic carbocycles. The first kappa shape index (κ1) is 16.8. The summed E-state index contributed by atoms with van der Waals surface area (Å²) in [5.41, 5.74) is 0. The molecule has 0 atom stereocenters. The monoisotopic (exact) mass is 274 g/mol. The van der Waals surface area contributed by atoms with Crippen LogP contribution in [0.4, 0.5) is 0 Å². The van der Waals surface area contributed by atoms with Gasteiger partial charge < -0.3 is 13.0 Å². The van der Waals surface area contributed by atoms with Crippen molar-refractivity contribution in [2.24, 2.45) is 0 Å². The summed E-state index contributed by atoms with van der Waals surface area (Å²) in [6, 6.07) is 0. The summed E-state index contributed by atoms with van der Waals surface area (Å²) in [4.78, 5) is 0. The van der Waals surface area contributed by atoms with E-state index >= 15 is 0 Å². The highest BCUT2D eigenvalue weighted by molar-refractivity contribution is 6.78. The van der Waals surface area contributed by atoms with Crippen molar-refractivity contribution in [3.8, 4) is 0 Å². The molecule has 0 aromatic carbocycles. The molecule has 0 amide bonds. The lowest BCUT2D eigenvalue weighted by Gasteiger charge is -2.32. The Kier molecular flexibility index (Phi) is 7.90. The van der Waals surface area contributed by atoms with E-state index in [9.17, 15) is 0 Å². The largest absolute Gasteiger partial charge is 0.415 e. The average Bonchev–Trinajstić information content (AvgIpc) is 2.16. The Morgan fingerprint density at radius 2 is 1.12 bits per heavy atom. The van der Waals surface area contributed by atoms with Crippen LogP contribution >= 0.6 is 0 Å². The van der Waals surface area contributed by atoms with Crippen molar-refractivity contribution < 1.29 is 13.0 Å². The van der Waals surface area contributed by atoms with Crippen LogP contribution in [0.25, 0.3) is 0 Å². The van der Waals surface area contributed by atoms with E-state index in [-0.39, 0.29) is 0 Å². The Bertz CT molecular complexity index is 234. The van der Waals surface area contributed by atoms with Gasteiger partial charge in [0.05, 0.1) is 13.2 Å². The smallest absolute Gasteiger partial charge is 0.323 e. The minimum absolute atomic E-state index is 0.620. The van der Waals surface area contributed by atoms with E-state index in [1.807, 2.05) is 38.2 Å². The topological polar surface area (TPSA) is 27.7 Å². The van der Waals surface area contributed by atoms with Gasteiger partial charge in [-0.05, 0) is 40.0 Å². The Balaban J connectivity index is 4.16. The van der Waals surface area contributed by atoms with Crippen molar-refractivity contribution in [3.05, 3.63) is 24.3 Å². The standard InChI is InChI=1S/C12H26O3Si2/c1-7-9-11-13-16(3,4)15-17(5,6)14-12-10-8-2/h7-10H,11-12H2,1-6H3/b9-7+,10-8+. The van der Waals surface area contributed by atoms with Crippen LogP contribution in [-0.2, 0) is 13.0 Å². The molecule has 0 fully saturated rings. The minimum Gasteiger partial charge on any atom is -0.415 e. The van der Waals surface area contributed by atoms with Crippen molar-refractivity contribution in [2.45, 2.75) is 40.0 Å². The van der Waals surface area contributed by atoms with Crippen LogP contribution in [0.5, 0.6) is 0 Å². The van der Waals surface area contributed by atoms with Gasteiger partial charge in [0.15, 0.2) is 0 Å². The molecule has 0 aromatic rings. The maximum atomic E-state index is 6.08. The normalized spacial score (nSPS) is 14.0. The molecule has 100 valence electrons. The van der Waals surface area contributed by atoms with Crippen molar-refractivity contribution in [3.63, 3.8) is 0 Å². The Morgan fingerprint density at radius 3 is 1.41 bits per heavy atom. The molecule has 0 saturated carbocycles. The van der Waals surface area contributed by atoms with Crippen molar-refractivity contribution in [1.29, 1.82) is 0 Å². The van der Waals surface area contributed by atoms with Crippen LogP contribution in [0.15, 0.2) is 24.3 Å². The van der Waals surface area contributed by atoms with E-state index in [1.54, 1.807) is 0 Å². The molecule has 0 radical (unpaired) electrons. The molecule has 5 heteroatoms. The second-order valence-corrected chi connectivity index (χ2v) is 11.7. The third-order valence-corrected chi connectivity index (χ3v) is 7.67. The fraction of sp³-hybridized carbons (Fsp3) is 0.667. The Morgan fingerprint density at radius 1 is 0.765 bits per heavy atom. The Hall–Kier alpha value is -0.206. The highest BCUT2D eigenvalue weighted by Gasteiger charge is 2.35. The van der Waals surface area contributed by atoms with Crippen molar-refractivity contribution in [2.75, 3.05) is 13.2 Å². The van der Waals surface area contributed by atoms with Gasteiger partial charge in [-0.15, -0.1) is 0 Å². The van der Waals surface area contributed by atoms with Gasteiger partial charge in [-0.25, -0.2) is 0 Å². The molecule has 0 aromatic heterocycles. The molecule has 0 unspecified atom stereocenters. The van der Waals surface area contributed by atoms with Gasteiger partial charge in [0.1, 0.15) is 0 Å². The summed E-state index contributed by atoms with van der Waals surface area (Å²) in [6.07, 6.45) is 7.95. The quantitative estimate of drug-likeness (QED) is 0.500. The third-order valence-electron chi connectivity index (χ3n) is 2.02. The first-order chi connectivity index (χ1) is 7.83. The van der Waals surface area contributed by atoms with Crippen LogP contribution in [0.1, 0.15) is 13.8 Å². The Labute approximate surface area is 108 Å². The molecular formula is C12H26O3Si2. The number of allylic oxidation sites excluding steroid dienone is 2. The maximum absolute atomic E-state index is 6.08. The van der Waals surface area contributed by atoms with Gasteiger partial charge in [-0.3, -0.25) is 0 Å². The van der Waals surface area contributed by atoms with E-state index in [1.165, 1.54) is 0 Å². The summed E-state index contributed by atoms with van der Waals surface area (Å²) in [5.74, 6) is 0. The lowest BCUT2D eigenvalue weighted by molar-refractivity contribution is 0.221. The van der Waals surface area contributed by atoms with Crippen LogP contribution in [-0.4, -0.2) is 30.3 Å². The zero-order valence-electron chi connectivity index (χ0n) is 11.9. The van der Waals surface area contributed by atoms with Gasteiger partial charge >= 0.3 is 17.1 Å². The number of hydrogen-bond acceptors (Lipinski definition) is 3.